The molecule has 2 rings (SSSR count). The number of aromatic nitrogens is 2. The first-order chi connectivity index (χ1) is 9.89. The zero-order valence-electron chi connectivity index (χ0n) is 11.9. The third-order valence-electron chi connectivity index (χ3n) is 2.89. The summed E-state index contributed by atoms with van der Waals surface area (Å²) in [7, 11) is 0. The van der Waals surface area contributed by atoms with Gasteiger partial charge in [-0.1, -0.05) is 6.07 Å². The lowest BCUT2D eigenvalue weighted by Gasteiger charge is -2.12. The summed E-state index contributed by atoms with van der Waals surface area (Å²) in [6, 6.07) is 5.02. The first-order valence-corrected chi connectivity index (χ1v) is 6.42. The van der Waals surface area contributed by atoms with Crippen molar-refractivity contribution in [1.82, 2.24) is 9.78 Å². The van der Waals surface area contributed by atoms with Gasteiger partial charge in [-0.2, -0.15) is 18.3 Å². The fourth-order valence-corrected chi connectivity index (χ4v) is 1.92. The van der Waals surface area contributed by atoms with E-state index in [-0.39, 0.29) is 18.2 Å². The van der Waals surface area contributed by atoms with Crippen molar-refractivity contribution in [2.75, 3.05) is 13.2 Å². The van der Waals surface area contributed by atoms with Crippen LogP contribution in [0.3, 0.4) is 0 Å². The lowest BCUT2D eigenvalue weighted by molar-refractivity contribution is -0.153. The largest absolute Gasteiger partial charge is 0.484 e. The van der Waals surface area contributed by atoms with Crippen LogP contribution >= 0.6 is 12.4 Å². The van der Waals surface area contributed by atoms with Crippen LogP contribution in [-0.2, 0) is 6.54 Å². The highest BCUT2D eigenvalue weighted by molar-refractivity contribution is 5.85. The molecule has 1 heterocycles. The monoisotopic (exact) mass is 335 g/mol. The van der Waals surface area contributed by atoms with Crippen LogP contribution in [0.15, 0.2) is 30.6 Å². The summed E-state index contributed by atoms with van der Waals surface area (Å²) in [5, 5.41) is 4.16. The third kappa shape index (κ3) is 4.92. The average molecular weight is 336 g/mol. The maximum absolute atomic E-state index is 12.1. The molecule has 1 aromatic heterocycles. The van der Waals surface area contributed by atoms with Crippen LogP contribution in [0.2, 0.25) is 0 Å². The summed E-state index contributed by atoms with van der Waals surface area (Å²) in [6.45, 7) is 1.53. The minimum Gasteiger partial charge on any atom is -0.484 e. The van der Waals surface area contributed by atoms with Crippen molar-refractivity contribution in [2.24, 2.45) is 5.73 Å². The van der Waals surface area contributed by atoms with Gasteiger partial charge >= 0.3 is 6.18 Å². The third-order valence-corrected chi connectivity index (χ3v) is 2.89. The van der Waals surface area contributed by atoms with Crippen molar-refractivity contribution in [2.45, 2.75) is 19.6 Å². The Labute approximate surface area is 132 Å². The molecule has 0 atom stereocenters. The predicted molar refractivity (Wildman–Crippen MR) is 80.3 cm³/mol. The van der Waals surface area contributed by atoms with Gasteiger partial charge in [0.2, 0.25) is 0 Å². The second-order valence-corrected chi connectivity index (χ2v) is 4.66. The Morgan fingerprint density at radius 2 is 2.00 bits per heavy atom. The number of rotatable bonds is 5. The number of hydrogen-bond donors (Lipinski definition) is 1. The summed E-state index contributed by atoms with van der Waals surface area (Å²) in [6.07, 6.45) is -0.799. The average Bonchev–Trinajstić information content (AvgIpc) is 2.85. The van der Waals surface area contributed by atoms with Crippen LogP contribution in [0, 0.1) is 6.92 Å². The fraction of sp³-hybridized carbons (Fsp3) is 0.357. The molecule has 0 radical (unpaired) electrons. The van der Waals surface area contributed by atoms with Gasteiger partial charge in [0.15, 0.2) is 6.61 Å². The molecule has 2 aromatic rings. The molecule has 122 valence electrons. The highest BCUT2D eigenvalue weighted by Gasteiger charge is 2.28. The molecular formula is C14H17ClF3N3O. The second-order valence-electron chi connectivity index (χ2n) is 4.66. The molecule has 0 bridgehead atoms. The number of nitrogens with two attached hydrogens (primary N) is 1. The number of alkyl halides is 3. The van der Waals surface area contributed by atoms with Gasteiger partial charge in [-0.3, -0.25) is 4.68 Å². The molecule has 1 aromatic carbocycles. The van der Waals surface area contributed by atoms with Gasteiger partial charge in [0, 0.05) is 18.3 Å². The Hall–Kier alpha value is -1.73. The Morgan fingerprint density at radius 1 is 1.27 bits per heavy atom. The number of halogens is 4. The van der Waals surface area contributed by atoms with E-state index in [4.69, 9.17) is 10.5 Å². The molecule has 2 N–H and O–H groups in total. The summed E-state index contributed by atoms with van der Waals surface area (Å²) >= 11 is 0. The summed E-state index contributed by atoms with van der Waals surface area (Å²) < 4.78 is 42.9. The Kier molecular flexibility index (Phi) is 6.25. The van der Waals surface area contributed by atoms with Crippen molar-refractivity contribution in [3.63, 3.8) is 0 Å². The van der Waals surface area contributed by atoms with Crippen LogP contribution in [-0.4, -0.2) is 29.1 Å². The number of benzene rings is 1. The molecule has 0 aliphatic carbocycles. The first kappa shape index (κ1) is 18.3. The fourth-order valence-electron chi connectivity index (χ4n) is 1.92. The molecule has 0 aliphatic rings. The van der Waals surface area contributed by atoms with Gasteiger partial charge in [0.1, 0.15) is 5.75 Å². The Bertz CT molecular complexity index is 614. The van der Waals surface area contributed by atoms with Crippen LogP contribution in [0.1, 0.15) is 5.56 Å². The number of nitrogens with zero attached hydrogens (tertiary/aromatic N) is 2. The normalized spacial score (nSPS) is 11.1. The molecule has 0 spiro atoms. The minimum atomic E-state index is -4.34. The molecule has 22 heavy (non-hydrogen) atoms. The van der Waals surface area contributed by atoms with E-state index in [0.29, 0.717) is 18.7 Å². The smallest absolute Gasteiger partial charge is 0.422 e. The quantitative estimate of drug-likeness (QED) is 0.913. The zero-order chi connectivity index (χ0) is 15.5. The van der Waals surface area contributed by atoms with Crippen molar-refractivity contribution in [1.29, 1.82) is 0 Å². The first-order valence-electron chi connectivity index (χ1n) is 6.42. The molecule has 0 saturated carbocycles. The van der Waals surface area contributed by atoms with Crippen molar-refractivity contribution < 1.29 is 17.9 Å². The van der Waals surface area contributed by atoms with Gasteiger partial charge in [-0.05, 0) is 30.2 Å². The molecule has 4 nitrogen and oxygen atoms in total. The van der Waals surface area contributed by atoms with E-state index in [1.54, 1.807) is 29.9 Å². The summed E-state index contributed by atoms with van der Waals surface area (Å²) in [5.41, 5.74) is 7.85. The van der Waals surface area contributed by atoms with Gasteiger partial charge in [-0.25, -0.2) is 0 Å². The molecule has 0 amide bonds. The molecule has 0 saturated heterocycles. The topological polar surface area (TPSA) is 53.1 Å². The van der Waals surface area contributed by atoms with E-state index in [1.165, 1.54) is 6.07 Å². The number of ether oxygens (including phenoxy) is 1. The lowest BCUT2D eigenvalue weighted by atomic mass is 10.1. The maximum atomic E-state index is 12.1. The van der Waals surface area contributed by atoms with E-state index in [0.717, 1.165) is 11.1 Å². The second kappa shape index (κ2) is 7.51. The predicted octanol–water partition coefficient (Wildman–Crippen LogP) is 3.18. The van der Waals surface area contributed by atoms with E-state index >= 15 is 0 Å². The SMILES string of the molecule is Cc1cc(-c2cnn(CCN)c2)ccc1OCC(F)(F)F.Cl. The Balaban J connectivity index is 0.00000242. The van der Waals surface area contributed by atoms with E-state index in [1.807, 2.05) is 6.20 Å². The van der Waals surface area contributed by atoms with Crippen LogP contribution in [0.4, 0.5) is 13.2 Å². The summed E-state index contributed by atoms with van der Waals surface area (Å²) in [5.74, 6) is 0.227. The van der Waals surface area contributed by atoms with Gasteiger partial charge in [-0.15, -0.1) is 12.4 Å². The minimum absolute atomic E-state index is 0. The van der Waals surface area contributed by atoms with Crippen LogP contribution < -0.4 is 10.5 Å². The highest BCUT2D eigenvalue weighted by atomic mass is 35.5. The lowest BCUT2D eigenvalue weighted by Crippen LogP contribution is -2.19. The van der Waals surface area contributed by atoms with Crippen LogP contribution in [0.25, 0.3) is 11.1 Å². The maximum Gasteiger partial charge on any atom is 0.422 e. The van der Waals surface area contributed by atoms with Crippen LogP contribution in [0.5, 0.6) is 5.75 Å². The highest BCUT2D eigenvalue weighted by Crippen LogP contribution is 2.27. The number of hydrogen-bond acceptors (Lipinski definition) is 3. The standard InChI is InChI=1S/C14H16F3N3O.ClH/c1-10-6-11(12-7-19-20(8-12)5-4-18)2-3-13(10)21-9-14(15,16)17;/h2-3,6-8H,4-5,9,18H2,1H3;1H. The van der Waals surface area contributed by atoms with Crippen molar-refractivity contribution in [3.8, 4) is 16.9 Å². The zero-order valence-corrected chi connectivity index (χ0v) is 12.7. The molecule has 0 unspecified atom stereocenters. The van der Waals surface area contributed by atoms with Gasteiger partial charge in [0.25, 0.3) is 0 Å². The molecule has 0 aliphatic heterocycles. The van der Waals surface area contributed by atoms with Gasteiger partial charge < -0.3 is 10.5 Å². The number of aryl methyl sites for hydroxylation is 1. The molecule has 0 fully saturated rings. The van der Waals surface area contributed by atoms with E-state index < -0.39 is 12.8 Å². The van der Waals surface area contributed by atoms with Crippen molar-refractivity contribution in [3.05, 3.63) is 36.2 Å². The van der Waals surface area contributed by atoms with E-state index in [9.17, 15) is 13.2 Å². The van der Waals surface area contributed by atoms with Crippen molar-refractivity contribution >= 4 is 12.4 Å². The summed E-state index contributed by atoms with van der Waals surface area (Å²) in [4.78, 5) is 0. The van der Waals surface area contributed by atoms with E-state index in [2.05, 4.69) is 5.10 Å². The molecular weight excluding hydrogens is 319 g/mol. The van der Waals surface area contributed by atoms with Gasteiger partial charge in [0.05, 0.1) is 12.7 Å². The Morgan fingerprint density at radius 3 is 2.59 bits per heavy atom. The molecule has 8 heteroatoms.